The lowest BCUT2D eigenvalue weighted by Gasteiger charge is -2.13. The number of aromatic nitrogens is 3. The highest BCUT2D eigenvalue weighted by molar-refractivity contribution is 5.96. The highest BCUT2D eigenvalue weighted by atomic mass is 16.1. The van der Waals surface area contributed by atoms with E-state index in [1.54, 1.807) is 12.4 Å². The second-order valence-corrected chi connectivity index (χ2v) is 6.79. The Labute approximate surface area is 154 Å². The molecule has 2 heterocycles. The Bertz CT molecular complexity index is 896. The largest absolute Gasteiger partial charge is 0.348 e. The van der Waals surface area contributed by atoms with Crippen LogP contribution in [0.25, 0.3) is 5.69 Å². The van der Waals surface area contributed by atoms with Crippen molar-refractivity contribution in [2.75, 3.05) is 0 Å². The molecule has 0 atom stereocenters. The van der Waals surface area contributed by atoms with Gasteiger partial charge in [-0.3, -0.25) is 9.78 Å². The fourth-order valence-corrected chi connectivity index (χ4v) is 3.02. The minimum atomic E-state index is -0.103. The van der Waals surface area contributed by atoms with Crippen molar-refractivity contribution in [1.82, 2.24) is 20.1 Å². The molecule has 1 aromatic carbocycles. The number of hydrogen-bond donors (Lipinski definition) is 1. The predicted molar refractivity (Wildman–Crippen MR) is 103 cm³/mol. The van der Waals surface area contributed by atoms with E-state index >= 15 is 0 Å². The minimum Gasteiger partial charge on any atom is -0.348 e. The molecule has 5 heteroatoms. The number of aryl methyl sites for hydroxylation is 2. The average Bonchev–Trinajstić information content (AvgIpc) is 2.99. The molecule has 3 rings (SSSR count). The molecule has 0 fully saturated rings. The lowest BCUT2D eigenvalue weighted by atomic mass is 10.0. The van der Waals surface area contributed by atoms with Crippen LogP contribution in [-0.2, 0) is 6.54 Å². The van der Waals surface area contributed by atoms with E-state index in [1.807, 2.05) is 35.9 Å². The maximum absolute atomic E-state index is 12.9. The zero-order valence-corrected chi connectivity index (χ0v) is 15.7. The molecule has 26 heavy (non-hydrogen) atoms. The van der Waals surface area contributed by atoms with Crippen molar-refractivity contribution in [2.24, 2.45) is 0 Å². The summed E-state index contributed by atoms with van der Waals surface area (Å²) in [6.45, 7) is 8.55. The molecule has 3 aromatic rings. The highest BCUT2D eigenvalue weighted by Gasteiger charge is 2.24. The van der Waals surface area contributed by atoms with Gasteiger partial charge in [-0.05, 0) is 43.5 Å². The monoisotopic (exact) mass is 348 g/mol. The number of rotatable bonds is 5. The summed E-state index contributed by atoms with van der Waals surface area (Å²) in [6, 6.07) is 12.0. The first-order valence-corrected chi connectivity index (χ1v) is 8.81. The van der Waals surface area contributed by atoms with Crippen molar-refractivity contribution in [3.05, 3.63) is 76.9 Å². The molecule has 1 amide bonds. The fourth-order valence-electron chi connectivity index (χ4n) is 3.02. The van der Waals surface area contributed by atoms with E-state index in [9.17, 15) is 4.79 Å². The SMILES string of the molecule is Cc1ccc(-n2nc(C)c(C(=O)NCc3cccnc3)c2C(C)C)cc1. The molecule has 0 aliphatic heterocycles. The van der Waals surface area contributed by atoms with Crippen LogP contribution in [0.5, 0.6) is 0 Å². The van der Waals surface area contributed by atoms with Crippen LogP contribution in [0.15, 0.2) is 48.8 Å². The lowest BCUT2D eigenvalue weighted by molar-refractivity contribution is 0.0949. The summed E-state index contributed by atoms with van der Waals surface area (Å²) >= 11 is 0. The number of carbonyl (C=O) groups excluding carboxylic acids is 1. The van der Waals surface area contributed by atoms with E-state index in [2.05, 4.69) is 48.3 Å². The van der Waals surface area contributed by atoms with Crippen LogP contribution in [0.2, 0.25) is 0 Å². The van der Waals surface area contributed by atoms with Crippen LogP contribution in [-0.4, -0.2) is 20.7 Å². The number of nitrogens with zero attached hydrogens (tertiary/aromatic N) is 3. The molecule has 0 bridgehead atoms. The smallest absolute Gasteiger partial charge is 0.255 e. The summed E-state index contributed by atoms with van der Waals surface area (Å²) in [5.74, 6) is 0.0602. The van der Waals surface area contributed by atoms with Gasteiger partial charge in [-0.25, -0.2) is 4.68 Å². The number of carbonyl (C=O) groups is 1. The third-order valence-corrected chi connectivity index (χ3v) is 4.32. The second kappa shape index (κ2) is 7.52. The van der Waals surface area contributed by atoms with E-state index < -0.39 is 0 Å². The van der Waals surface area contributed by atoms with E-state index in [0.717, 1.165) is 22.6 Å². The zero-order valence-electron chi connectivity index (χ0n) is 15.7. The minimum absolute atomic E-state index is 0.103. The van der Waals surface area contributed by atoms with Crippen molar-refractivity contribution in [3.8, 4) is 5.69 Å². The Morgan fingerprint density at radius 3 is 2.50 bits per heavy atom. The normalized spacial score (nSPS) is 11.0. The van der Waals surface area contributed by atoms with Gasteiger partial charge in [-0.2, -0.15) is 5.10 Å². The first-order valence-electron chi connectivity index (χ1n) is 8.81. The standard InChI is InChI=1S/C21H24N4O/c1-14(2)20-19(21(26)23-13-17-6-5-11-22-12-17)16(4)24-25(20)18-9-7-15(3)8-10-18/h5-12,14H,13H2,1-4H3,(H,23,26). The molecular formula is C21H24N4O. The van der Waals surface area contributed by atoms with Crippen molar-refractivity contribution in [1.29, 1.82) is 0 Å². The van der Waals surface area contributed by atoms with E-state index in [1.165, 1.54) is 5.56 Å². The number of hydrogen-bond acceptors (Lipinski definition) is 3. The predicted octanol–water partition coefficient (Wildman–Crippen LogP) is 3.94. The van der Waals surface area contributed by atoms with E-state index in [0.29, 0.717) is 12.1 Å². The molecule has 0 radical (unpaired) electrons. The molecule has 0 spiro atoms. The van der Waals surface area contributed by atoms with E-state index in [-0.39, 0.29) is 11.8 Å². The second-order valence-electron chi connectivity index (χ2n) is 6.79. The van der Waals surface area contributed by atoms with Crippen molar-refractivity contribution in [2.45, 2.75) is 40.2 Å². The summed E-state index contributed by atoms with van der Waals surface area (Å²) in [5.41, 5.74) is 5.44. The van der Waals surface area contributed by atoms with Gasteiger partial charge in [0.25, 0.3) is 5.91 Å². The first kappa shape index (κ1) is 17.9. The van der Waals surface area contributed by atoms with Gasteiger partial charge >= 0.3 is 0 Å². The topological polar surface area (TPSA) is 59.8 Å². The van der Waals surface area contributed by atoms with Gasteiger partial charge < -0.3 is 5.32 Å². The van der Waals surface area contributed by atoms with Crippen LogP contribution < -0.4 is 5.32 Å². The van der Waals surface area contributed by atoms with Gasteiger partial charge in [0.2, 0.25) is 0 Å². The van der Waals surface area contributed by atoms with Crippen LogP contribution in [0.3, 0.4) is 0 Å². The molecule has 2 aromatic heterocycles. The third kappa shape index (κ3) is 3.67. The Morgan fingerprint density at radius 2 is 1.88 bits per heavy atom. The Balaban J connectivity index is 1.93. The molecule has 134 valence electrons. The third-order valence-electron chi connectivity index (χ3n) is 4.32. The molecule has 0 unspecified atom stereocenters. The van der Waals surface area contributed by atoms with Gasteiger partial charge in [0.15, 0.2) is 0 Å². The first-order chi connectivity index (χ1) is 12.5. The quantitative estimate of drug-likeness (QED) is 0.760. The maximum atomic E-state index is 12.9. The van der Waals surface area contributed by atoms with Crippen LogP contribution in [0.1, 0.15) is 52.6 Å². The van der Waals surface area contributed by atoms with Gasteiger partial charge in [0.05, 0.1) is 22.6 Å². The molecule has 0 saturated heterocycles. The van der Waals surface area contributed by atoms with Crippen LogP contribution in [0.4, 0.5) is 0 Å². The van der Waals surface area contributed by atoms with Crippen molar-refractivity contribution in [3.63, 3.8) is 0 Å². The summed E-state index contributed by atoms with van der Waals surface area (Å²) in [6.07, 6.45) is 3.48. The Morgan fingerprint density at radius 1 is 1.15 bits per heavy atom. The van der Waals surface area contributed by atoms with Gasteiger partial charge in [-0.1, -0.05) is 37.6 Å². The van der Waals surface area contributed by atoms with Crippen molar-refractivity contribution < 1.29 is 4.79 Å². The van der Waals surface area contributed by atoms with E-state index in [4.69, 9.17) is 0 Å². The molecule has 0 saturated carbocycles. The van der Waals surface area contributed by atoms with Crippen molar-refractivity contribution >= 4 is 5.91 Å². The summed E-state index contributed by atoms with van der Waals surface area (Å²) in [5, 5.41) is 7.64. The summed E-state index contributed by atoms with van der Waals surface area (Å²) in [7, 11) is 0. The molecule has 0 aliphatic carbocycles. The summed E-state index contributed by atoms with van der Waals surface area (Å²) in [4.78, 5) is 17.0. The lowest BCUT2D eigenvalue weighted by Crippen LogP contribution is -2.25. The van der Waals surface area contributed by atoms with Crippen LogP contribution in [0, 0.1) is 13.8 Å². The number of benzene rings is 1. The van der Waals surface area contributed by atoms with Gasteiger partial charge in [0.1, 0.15) is 0 Å². The number of pyridine rings is 1. The molecule has 1 N–H and O–H groups in total. The Kier molecular flexibility index (Phi) is 5.16. The maximum Gasteiger partial charge on any atom is 0.255 e. The summed E-state index contributed by atoms with van der Waals surface area (Å²) < 4.78 is 1.89. The average molecular weight is 348 g/mol. The molecule has 0 aliphatic rings. The van der Waals surface area contributed by atoms with Gasteiger partial charge in [0, 0.05) is 18.9 Å². The fraction of sp³-hybridized carbons (Fsp3) is 0.286. The molecule has 5 nitrogen and oxygen atoms in total. The Hall–Kier alpha value is -2.95. The molecular weight excluding hydrogens is 324 g/mol. The van der Waals surface area contributed by atoms with Gasteiger partial charge in [-0.15, -0.1) is 0 Å². The number of nitrogens with one attached hydrogen (secondary N) is 1. The van der Waals surface area contributed by atoms with Crippen LogP contribution >= 0.6 is 0 Å². The highest BCUT2D eigenvalue weighted by Crippen LogP contribution is 2.26. The zero-order chi connectivity index (χ0) is 18.7. The number of amides is 1.